The van der Waals surface area contributed by atoms with E-state index in [0.717, 1.165) is 25.1 Å². The normalized spacial score (nSPS) is 16.4. The molecular weight excluding hydrogens is 178 g/mol. The Morgan fingerprint density at radius 2 is 2.36 bits per heavy atom. The number of aromatic nitrogens is 2. The van der Waals surface area contributed by atoms with Crippen LogP contribution < -0.4 is 10.1 Å². The van der Waals surface area contributed by atoms with E-state index in [2.05, 4.69) is 15.3 Å². The number of ether oxygens (including phenoxy) is 1. The number of rotatable bonds is 4. The molecule has 2 rings (SSSR count). The van der Waals surface area contributed by atoms with E-state index in [1.807, 2.05) is 7.05 Å². The fourth-order valence-electron chi connectivity index (χ4n) is 1.37. The van der Waals surface area contributed by atoms with E-state index < -0.39 is 0 Å². The van der Waals surface area contributed by atoms with Crippen LogP contribution in [0.4, 0.5) is 0 Å². The molecule has 0 radical (unpaired) electrons. The van der Waals surface area contributed by atoms with Gasteiger partial charge < -0.3 is 10.1 Å². The highest BCUT2D eigenvalue weighted by Gasteiger charge is 2.19. The zero-order chi connectivity index (χ0) is 9.80. The first-order valence-electron chi connectivity index (χ1n) is 5.00. The van der Waals surface area contributed by atoms with Crippen LogP contribution in [-0.4, -0.2) is 23.1 Å². The smallest absolute Gasteiger partial charge is 0.232 e. The summed E-state index contributed by atoms with van der Waals surface area (Å²) in [5.41, 5.74) is 0.921. The van der Waals surface area contributed by atoms with E-state index in [9.17, 15) is 0 Å². The molecule has 4 heteroatoms. The molecule has 0 aromatic carbocycles. The van der Waals surface area contributed by atoms with Crippen molar-refractivity contribution in [2.24, 2.45) is 0 Å². The summed E-state index contributed by atoms with van der Waals surface area (Å²) in [4.78, 5) is 8.42. The van der Waals surface area contributed by atoms with Gasteiger partial charge >= 0.3 is 0 Å². The van der Waals surface area contributed by atoms with Crippen molar-refractivity contribution >= 4 is 0 Å². The Bertz CT molecular complexity index is 299. The molecule has 1 aromatic heterocycles. The van der Waals surface area contributed by atoms with Crippen molar-refractivity contribution in [2.75, 3.05) is 7.05 Å². The molecule has 0 bridgehead atoms. The molecule has 1 aliphatic rings. The van der Waals surface area contributed by atoms with Crippen molar-refractivity contribution in [3.8, 4) is 5.88 Å². The highest BCUT2D eigenvalue weighted by molar-refractivity contribution is 5.09. The Hall–Kier alpha value is -1.16. The Kier molecular flexibility index (Phi) is 2.93. The standard InChI is InChI=1S/C10H15N3O/c1-11-5-8-6-12-7-10(13-8)14-9-3-2-4-9/h6-7,9,11H,2-5H2,1H3. The first kappa shape index (κ1) is 9.40. The second-order valence-electron chi connectivity index (χ2n) is 3.55. The highest BCUT2D eigenvalue weighted by atomic mass is 16.5. The zero-order valence-corrected chi connectivity index (χ0v) is 8.36. The summed E-state index contributed by atoms with van der Waals surface area (Å²) in [5, 5.41) is 3.03. The molecule has 1 heterocycles. The van der Waals surface area contributed by atoms with E-state index in [-0.39, 0.29) is 0 Å². The van der Waals surface area contributed by atoms with E-state index in [0.29, 0.717) is 12.0 Å². The summed E-state index contributed by atoms with van der Waals surface area (Å²) in [6.45, 7) is 0.731. The van der Waals surface area contributed by atoms with Crippen LogP contribution in [0.25, 0.3) is 0 Å². The van der Waals surface area contributed by atoms with Crippen LogP contribution in [0.2, 0.25) is 0 Å². The molecule has 1 N–H and O–H groups in total. The SMILES string of the molecule is CNCc1cncc(OC2CCC2)n1. The molecule has 1 aromatic rings. The van der Waals surface area contributed by atoms with Gasteiger partial charge in [-0.25, -0.2) is 4.98 Å². The fourth-order valence-corrected chi connectivity index (χ4v) is 1.37. The van der Waals surface area contributed by atoms with Gasteiger partial charge in [-0.1, -0.05) is 0 Å². The molecule has 4 nitrogen and oxygen atoms in total. The summed E-state index contributed by atoms with van der Waals surface area (Å²) in [6.07, 6.45) is 7.38. The van der Waals surface area contributed by atoms with Crippen LogP contribution in [0.3, 0.4) is 0 Å². The number of nitrogens with one attached hydrogen (secondary N) is 1. The van der Waals surface area contributed by atoms with Gasteiger partial charge in [0.05, 0.1) is 11.9 Å². The third-order valence-electron chi connectivity index (χ3n) is 2.36. The molecular formula is C10H15N3O. The van der Waals surface area contributed by atoms with Gasteiger partial charge in [0.25, 0.3) is 0 Å². The van der Waals surface area contributed by atoms with E-state index >= 15 is 0 Å². The third-order valence-corrected chi connectivity index (χ3v) is 2.36. The topological polar surface area (TPSA) is 47.0 Å². The zero-order valence-electron chi connectivity index (χ0n) is 8.36. The number of hydrogen-bond acceptors (Lipinski definition) is 4. The van der Waals surface area contributed by atoms with Crippen molar-refractivity contribution in [3.63, 3.8) is 0 Å². The van der Waals surface area contributed by atoms with Gasteiger partial charge in [-0.15, -0.1) is 0 Å². The molecule has 1 aliphatic carbocycles. The van der Waals surface area contributed by atoms with Crippen molar-refractivity contribution in [3.05, 3.63) is 18.1 Å². The number of nitrogens with zero attached hydrogens (tertiary/aromatic N) is 2. The second-order valence-corrected chi connectivity index (χ2v) is 3.55. The lowest BCUT2D eigenvalue weighted by Crippen LogP contribution is -2.25. The largest absolute Gasteiger partial charge is 0.473 e. The predicted octanol–water partition coefficient (Wildman–Crippen LogP) is 1.13. The van der Waals surface area contributed by atoms with Gasteiger partial charge in [-0.2, -0.15) is 0 Å². The molecule has 0 spiro atoms. The summed E-state index contributed by atoms with van der Waals surface area (Å²) < 4.78 is 5.64. The second kappa shape index (κ2) is 4.37. The first-order chi connectivity index (χ1) is 6.88. The molecule has 0 unspecified atom stereocenters. The molecule has 14 heavy (non-hydrogen) atoms. The maximum Gasteiger partial charge on any atom is 0.232 e. The van der Waals surface area contributed by atoms with Gasteiger partial charge in [0.1, 0.15) is 6.10 Å². The van der Waals surface area contributed by atoms with E-state index in [1.54, 1.807) is 12.4 Å². The molecule has 0 amide bonds. The molecule has 0 atom stereocenters. The summed E-state index contributed by atoms with van der Waals surface area (Å²) in [6, 6.07) is 0. The minimum absolute atomic E-state index is 0.370. The average molecular weight is 193 g/mol. The predicted molar refractivity (Wildman–Crippen MR) is 53.1 cm³/mol. The summed E-state index contributed by atoms with van der Waals surface area (Å²) in [5.74, 6) is 0.655. The minimum atomic E-state index is 0.370. The third kappa shape index (κ3) is 2.20. The Labute approximate surface area is 83.7 Å². The fraction of sp³-hybridized carbons (Fsp3) is 0.600. The molecule has 0 aliphatic heterocycles. The quantitative estimate of drug-likeness (QED) is 0.778. The Morgan fingerprint density at radius 3 is 3.00 bits per heavy atom. The van der Waals surface area contributed by atoms with Crippen LogP contribution in [0.15, 0.2) is 12.4 Å². The molecule has 1 fully saturated rings. The Balaban J connectivity index is 1.97. The van der Waals surface area contributed by atoms with Gasteiger partial charge in [-0.3, -0.25) is 4.98 Å². The van der Waals surface area contributed by atoms with Crippen molar-refractivity contribution < 1.29 is 4.74 Å². The van der Waals surface area contributed by atoms with Gasteiger partial charge in [0, 0.05) is 12.7 Å². The van der Waals surface area contributed by atoms with Crippen LogP contribution in [0, 0.1) is 0 Å². The summed E-state index contributed by atoms with van der Waals surface area (Å²) in [7, 11) is 1.89. The maximum absolute atomic E-state index is 5.64. The van der Waals surface area contributed by atoms with Crippen LogP contribution >= 0.6 is 0 Å². The van der Waals surface area contributed by atoms with Crippen molar-refractivity contribution in [1.82, 2.24) is 15.3 Å². The molecule has 76 valence electrons. The van der Waals surface area contributed by atoms with E-state index in [4.69, 9.17) is 4.74 Å². The van der Waals surface area contributed by atoms with E-state index in [1.165, 1.54) is 6.42 Å². The van der Waals surface area contributed by atoms with Gasteiger partial charge in [0.2, 0.25) is 5.88 Å². The lowest BCUT2D eigenvalue weighted by atomic mass is 9.96. The highest BCUT2D eigenvalue weighted by Crippen LogP contribution is 2.23. The monoisotopic (exact) mass is 193 g/mol. The lowest BCUT2D eigenvalue weighted by Gasteiger charge is -2.25. The van der Waals surface area contributed by atoms with Crippen LogP contribution in [0.1, 0.15) is 25.0 Å². The maximum atomic E-state index is 5.64. The van der Waals surface area contributed by atoms with Crippen LogP contribution in [0.5, 0.6) is 5.88 Å². The number of hydrogen-bond donors (Lipinski definition) is 1. The molecule has 1 saturated carbocycles. The summed E-state index contributed by atoms with van der Waals surface area (Å²) >= 11 is 0. The van der Waals surface area contributed by atoms with Crippen molar-refractivity contribution in [1.29, 1.82) is 0 Å². The van der Waals surface area contributed by atoms with Gasteiger partial charge in [0.15, 0.2) is 0 Å². The van der Waals surface area contributed by atoms with Crippen LogP contribution in [-0.2, 0) is 6.54 Å². The molecule has 0 saturated heterocycles. The van der Waals surface area contributed by atoms with Crippen molar-refractivity contribution in [2.45, 2.75) is 31.9 Å². The first-order valence-corrected chi connectivity index (χ1v) is 5.00. The van der Waals surface area contributed by atoms with Gasteiger partial charge in [-0.05, 0) is 26.3 Å². The Morgan fingerprint density at radius 1 is 1.50 bits per heavy atom. The lowest BCUT2D eigenvalue weighted by molar-refractivity contribution is 0.114. The minimum Gasteiger partial charge on any atom is -0.473 e. The average Bonchev–Trinajstić information content (AvgIpc) is 2.13.